The molecule has 0 amide bonds. The summed E-state index contributed by atoms with van der Waals surface area (Å²) in [6.07, 6.45) is 7.35. The molecule has 4 aromatic rings. The molecule has 0 spiro atoms. The van der Waals surface area contributed by atoms with Gasteiger partial charge in [0.2, 0.25) is 0 Å². The Labute approximate surface area is 156 Å². The van der Waals surface area contributed by atoms with Gasteiger partial charge >= 0.3 is 0 Å². The van der Waals surface area contributed by atoms with Gasteiger partial charge in [0.25, 0.3) is 5.89 Å². The van der Waals surface area contributed by atoms with Crippen LogP contribution in [0.25, 0.3) is 33.9 Å². The molecule has 2 N–H and O–H groups in total. The van der Waals surface area contributed by atoms with Crippen molar-refractivity contribution in [2.24, 2.45) is 0 Å². The predicted molar refractivity (Wildman–Crippen MR) is 102 cm³/mol. The van der Waals surface area contributed by atoms with Crippen LogP contribution < -0.4 is 0 Å². The molecule has 136 valence electrons. The summed E-state index contributed by atoms with van der Waals surface area (Å²) >= 11 is 0. The Hall–Kier alpha value is -2.99. The van der Waals surface area contributed by atoms with E-state index in [4.69, 9.17) is 4.42 Å². The summed E-state index contributed by atoms with van der Waals surface area (Å²) in [6.45, 7) is 1.73. The number of fused-ring (bicyclic) bond motifs is 2. The van der Waals surface area contributed by atoms with Gasteiger partial charge in [0, 0.05) is 23.7 Å². The number of imidazole rings is 1. The van der Waals surface area contributed by atoms with Crippen LogP contribution >= 0.6 is 0 Å². The maximum Gasteiger partial charge on any atom is 0.264 e. The first kappa shape index (κ1) is 16.2. The molecule has 0 aliphatic heterocycles. The van der Waals surface area contributed by atoms with Crippen LogP contribution in [0.1, 0.15) is 42.8 Å². The van der Waals surface area contributed by atoms with Gasteiger partial charge in [-0.1, -0.05) is 6.07 Å². The number of aryl methyl sites for hydroxylation is 2. The topological polar surface area (TPSA) is 87.8 Å². The van der Waals surface area contributed by atoms with E-state index < -0.39 is 6.10 Å². The van der Waals surface area contributed by atoms with E-state index in [1.54, 1.807) is 19.3 Å². The number of benzene rings is 1. The molecule has 3 heterocycles. The number of aromatic amines is 1. The number of H-pyrrole nitrogens is 1. The largest absolute Gasteiger partial charge is 0.434 e. The van der Waals surface area contributed by atoms with E-state index in [0.717, 1.165) is 40.7 Å². The van der Waals surface area contributed by atoms with Crippen LogP contribution in [-0.4, -0.2) is 25.0 Å². The van der Waals surface area contributed by atoms with E-state index in [1.165, 1.54) is 18.5 Å². The van der Waals surface area contributed by atoms with Crippen LogP contribution in [0.5, 0.6) is 0 Å². The van der Waals surface area contributed by atoms with Gasteiger partial charge < -0.3 is 14.5 Å². The summed E-state index contributed by atoms with van der Waals surface area (Å²) in [5, 5.41) is 9.79. The maximum atomic E-state index is 9.79. The number of rotatable bonds is 3. The highest BCUT2D eigenvalue weighted by atomic mass is 16.3. The Morgan fingerprint density at radius 2 is 1.96 bits per heavy atom. The minimum absolute atomic E-state index is 0.521. The SMILES string of the molecule is CC(O)c1cncc(-c2ccc3nc(-c4nc5c([nH]4)CCCC5)oc3c2)c1. The first-order valence-electron chi connectivity index (χ1n) is 9.29. The average molecular weight is 360 g/mol. The van der Waals surface area contributed by atoms with Crippen molar-refractivity contribution in [3.05, 3.63) is 53.6 Å². The third-order valence-corrected chi connectivity index (χ3v) is 5.12. The molecule has 27 heavy (non-hydrogen) atoms. The zero-order chi connectivity index (χ0) is 18.4. The lowest BCUT2D eigenvalue weighted by Crippen LogP contribution is -2.00. The maximum absolute atomic E-state index is 9.79. The molecule has 3 aromatic heterocycles. The van der Waals surface area contributed by atoms with Crippen molar-refractivity contribution in [3.63, 3.8) is 0 Å². The minimum atomic E-state index is -0.553. The Kier molecular flexibility index (Phi) is 3.79. The Morgan fingerprint density at radius 1 is 1.07 bits per heavy atom. The van der Waals surface area contributed by atoms with Crippen molar-refractivity contribution in [1.82, 2.24) is 19.9 Å². The summed E-state index contributed by atoms with van der Waals surface area (Å²) in [7, 11) is 0. The summed E-state index contributed by atoms with van der Waals surface area (Å²) in [6, 6.07) is 7.83. The summed E-state index contributed by atoms with van der Waals surface area (Å²) in [5.74, 6) is 1.23. The lowest BCUT2D eigenvalue weighted by molar-refractivity contribution is 0.199. The van der Waals surface area contributed by atoms with E-state index in [1.807, 2.05) is 24.3 Å². The fourth-order valence-corrected chi connectivity index (χ4v) is 3.60. The monoisotopic (exact) mass is 360 g/mol. The second-order valence-electron chi connectivity index (χ2n) is 7.10. The van der Waals surface area contributed by atoms with E-state index in [-0.39, 0.29) is 0 Å². The smallest absolute Gasteiger partial charge is 0.264 e. The zero-order valence-corrected chi connectivity index (χ0v) is 15.1. The Morgan fingerprint density at radius 3 is 2.81 bits per heavy atom. The second kappa shape index (κ2) is 6.32. The number of pyridine rings is 1. The van der Waals surface area contributed by atoms with Gasteiger partial charge in [-0.15, -0.1) is 0 Å². The first-order valence-corrected chi connectivity index (χ1v) is 9.29. The zero-order valence-electron chi connectivity index (χ0n) is 15.1. The van der Waals surface area contributed by atoms with Crippen molar-refractivity contribution in [2.75, 3.05) is 0 Å². The van der Waals surface area contributed by atoms with Gasteiger partial charge in [-0.25, -0.2) is 9.97 Å². The molecule has 1 atom stereocenters. The molecular weight excluding hydrogens is 340 g/mol. The molecule has 6 nitrogen and oxygen atoms in total. The number of hydrogen-bond acceptors (Lipinski definition) is 5. The minimum Gasteiger partial charge on any atom is -0.434 e. The van der Waals surface area contributed by atoms with Crippen molar-refractivity contribution in [2.45, 2.75) is 38.7 Å². The highest BCUT2D eigenvalue weighted by Gasteiger charge is 2.18. The van der Waals surface area contributed by atoms with Crippen LogP contribution in [-0.2, 0) is 12.8 Å². The molecule has 1 aliphatic rings. The van der Waals surface area contributed by atoms with Crippen LogP contribution in [0, 0.1) is 0 Å². The molecular formula is C21H20N4O2. The van der Waals surface area contributed by atoms with Crippen molar-refractivity contribution < 1.29 is 9.52 Å². The fraction of sp³-hybridized carbons (Fsp3) is 0.286. The molecule has 1 aliphatic carbocycles. The molecule has 6 heteroatoms. The van der Waals surface area contributed by atoms with Gasteiger partial charge in [0.15, 0.2) is 11.4 Å². The number of aliphatic hydroxyl groups excluding tert-OH is 1. The number of hydrogen-bond donors (Lipinski definition) is 2. The third kappa shape index (κ3) is 2.92. The predicted octanol–water partition coefficient (Wildman–Crippen LogP) is 4.21. The summed E-state index contributed by atoms with van der Waals surface area (Å²) in [4.78, 5) is 16.9. The van der Waals surface area contributed by atoms with Gasteiger partial charge in [0.05, 0.1) is 11.8 Å². The number of oxazole rings is 1. The van der Waals surface area contributed by atoms with E-state index >= 15 is 0 Å². The van der Waals surface area contributed by atoms with Crippen LogP contribution in [0.3, 0.4) is 0 Å². The molecule has 0 radical (unpaired) electrons. The normalized spacial score (nSPS) is 15.0. The molecule has 1 unspecified atom stereocenters. The van der Waals surface area contributed by atoms with E-state index in [9.17, 15) is 5.11 Å². The lowest BCUT2D eigenvalue weighted by Gasteiger charge is -2.07. The first-order chi connectivity index (χ1) is 13.2. The van der Waals surface area contributed by atoms with E-state index in [2.05, 4.69) is 19.9 Å². The number of aromatic nitrogens is 4. The third-order valence-electron chi connectivity index (χ3n) is 5.12. The lowest BCUT2D eigenvalue weighted by atomic mass is 10.0. The van der Waals surface area contributed by atoms with Crippen LogP contribution in [0.15, 0.2) is 41.1 Å². The molecule has 5 rings (SSSR count). The highest BCUT2D eigenvalue weighted by molar-refractivity contribution is 5.81. The van der Waals surface area contributed by atoms with Crippen molar-refractivity contribution in [1.29, 1.82) is 0 Å². The standard InChI is InChI=1S/C21H20N4O2/c1-12(26)14-8-15(11-22-10-14)13-6-7-18-19(9-13)27-21(25-18)20-23-16-4-2-3-5-17(16)24-20/h6-12,26H,2-5H2,1H3,(H,23,24). The molecule has 0 saturated heterocycles. The molecule has 1 aromatic carbocycles. The van der Waals surface area contributed by atoms with Gasteiger partial charge in [-0.2, -0.15) is 0 Å². The van der Waals surface area contributed by atoms with Crippen molar-refractivity contribution >= 4 is 11.1 Å². The molecule has 0 bridgehead atoms. The number of nitrogens with zero attached hydrogens (tertiary/aromatic N) is 3. The van der Waals surface area contributed by atoms with Gasteiger partial charge in [-0.3, -0.25) is 4.98 Å². The Bertz CT molecular complexity index is 1100. The van der Waals surface area contributed by atoms with E-state index in [0.29, 0.717) is 17.3 Å². The summed E-state index contributed by atoms with van der Waals surface area (Å²) < 4.78 is 6.00. The second-order valence-corrected chi connectivity index (χ2v) is 7.10. The van der Waals surface area contributed by atoms with Gasteiger partial charge in [0.1, 0.15) is 5.52 Å². The molecule has 0 fully saturated rings. The fourth-order valence-electron chi connectivity index (χ4n) is 3.60. The van der Waals surface area contributed by atoms with Crippen LogP contribution in [0.4, 0.5) is 0 Å². The molecule has 0 saturated carbocycles. The number of aliphatic hydroxyl groups is 1. The quantitative estimate of drug-likeness (QED) is 0.571. The summed E-state index contributed by atoms with van der Waals surface area (Å²) in [5.41, 5.74) is 6.54. The highest BCUT2D eigenvalue weighted by Crippen LogP contribution is 2.30. The van der Waals surface area contributed by atoms with Crippen LogP contribution in [0.2, 0.25) is 0 Å². The average Bonchev–Trinajstić information content (AvgIpc) is 3.31. The number of nitrogens with one attached hydrogen (secondary N) is 1. The Balaban J connectivity index is 1.53. The van der Waals surface area contributed by atoms with Gasteiger partial charge in [-0.05, 0) is 61.9 Å². The van der Waals surface area contributed by atoms with Crippen molar-refractivity contribution in [3.8, 4) is 22.8 Å².